The Morgan fingerprint density at radius 1 is 1.25 bits per heavy atom. The number of hydrogen-bond donors (Lipinski definition) is 2. The minimum Gasteiger partial charge on any atom is -0.387 e. The first kappa shape index (κ1) is 17.1. The van der Waals surface area contributed by atoms with Gasteiger partial charge in [0.15, 0.2) is 0 Å². The highest BCUT2D eigenvalue weighted by molar-refractivity contribution is 5.19. The normalized spacial score (nSPS) is 13.2. The zero-order valence-corrected chi connectivity index (χ0v) is 12.8. The molecule has 0 fully saturated rings. The quantitative estimate of drug-likeness (QED) is 0.683. The highest BCUT2D eigenvalue weighted by Crippen LogP contribution is 2.15. The van der Waals surface area contributed by atoms with Crippen LogP contribution in [0, 0.1) is 5.82 Å². The molecule has 0 aliphatic rings. The van der Waals surface area contributed by atoms with E-state index < -0.39 is 6.10 Å². The van der Waals surface area contributed by atoms with Crippen LogP contribution < -0.4 is 5.32 Å². The van der Waals surface area contributed by atoms with E-state index in [9.17, 15) is 9.50 Å². The maximum atomic E-state index is 13.4. The Morgan fingerprint density at radius 2 is 1.95 bits per heavy atom. The van der Waals surface area contributed by atoms with E-state index in [1.54, 1.807) is 18.2 Å². The van der Waals surface area contributed by atoms with Crippen molar-refractivity contribution >= 4 is 0 Å². The first-order valence-electron chi connectivity index (χ1n) is 7.35. The molecule has 0 saturated heterocycles. The van der Waals surface area contributed by atoms with Gasteiger partial charge < -0.3 is 15.3 Å². The van der Waals surface area contributed by atoms with Crippen molar-refractivity contribution in [2.45, 2.75) is 38.8 Å². The van der Waals surface area contributed by atoms with Gasteiger partial charge in [-0.1, -0.05) is 18.2 Å². The van der Waals surface area contributed by atoms with Crippen molar-refractivity contribution in [1.82, 2.24) is 10.2 Å². The van der Waals surface area contributed by atoms with Gasteiger partial charge in [-0.3, -0.25) is 0 Å². The molecule has 1 rings (SSSR count). The molecule has 4 heteroatoms. The largest absolute Gasteiger partial charge is 0.387 e. The fourth-order valence-corrected chi connectivity index (χ4v) is 1.96. The van der Waals surface area contributed by atoms with Gasteiger partial charge in [-0.2, -0.15) is 0 Å². The molecule has 0 radical (unpaired) electrons. The predicted molar refractivity (Wildman–Crippen MR) is 81.2 cm³/mol. The Kier molecular flexibility index (Phi) is 7.73. The Bertz CT molecular complexity index is 384. The maximum absolute atomic E-state index is 13.4. The van der Waals surface area contributed by atoms with Crippen molar-refractivity contribution in [1.29, 1.82) is 0 Å². The number of aliphatic hydroxyl groups is 1. The smallest absolute Gasteiger partial charge is 0.129 e. The molecule has 1 unspecified atom stereocenters. The number of nitrogens with zero attached hydrogens (tertiary/aromatic N) is 1. The zero-order chi connectivity index (χ0) is 15.0. The van der Waals surface area contributed by atoms with Crippen LogP contribution in [0.4, 0.5) is 4.39 Å². The van der Waals surface area contributed by atoms with Gasteiger partial charge >= 0.3 is 0 Å². The van der Waals surface area contributed by atoms with Gasteiger partial charge in [-0.25, -0.2) is 4.39 Å². The minimum absolute atomic E-state index is 0.347. The van der Waals surface area contributed by atoms with E-state index in [0.717, 1.165) is 25.9 Å². The van der Waals surface area contributed by atoms with E-state index in [-0.39, 0.29) is 5.82 Å². The lowest BCUT2D eigenvalue weighted by Gasteiger charge is -2.20. The first-order valence-corrected chi connectivity index (χ1v) is 7.35. The topological polar surface area (TPSA) is 35.5 Å². The average molecular weight is 282 g/mol. The number of rotatable bonds is 9. The third-order valence-electron chi connectivity index (χ3n) is 3.60. The second-order valence-corrected chi connectivity index (χ2v) is 5.52. The van der Waals surface area contributed by atoms with Crippen LogP contribution in [0.15, 0.2) is 24.3 Å². The molecule has 3 nitrogen and oxygen atoms in total. The summed E-state index contributed by atoms with van der Waals surface area (Å²) < 4.78 is 13.4. The van der Waals surface area contributed by atoms with Crippen LogP contribution >= 0.6 is 0 Å². The Balaban J connectivity index is 2.14. The summed E-state index contributed by atoms with van der Waals surface area (Å²) in [5.74, 6) is -0.347. The molecule has 0 spiro atoms. The summed E-state index contributed by atoms with van der Waals surface area (Å²) in [6.45, 7) is 6.68. The molecule has 20 heavy (non-hydrogen) atoms. The summed E-state index contributed by atoms with van der Waals surface area (Å²) in [6, 6.07) is 6.94. The highest BCUT2D eigenvalue weighted by atomic mass is 19.1. The van der Waals surface area contributed by atoms with Gasteiger partial charge in [0.25, 0.3) is 0 Å². The van der Waals surface area contributed by atoms with Crippen LogP contribution in [0.2, 0.25) is 0 Å². The van der Waals surface area contributed by atoms with E-state index in [0.29, 0.717) is 18.2 Å². The summed E-state index contributed by atoms with van der Waals surface area (Å²) >= 11 is 0. The number of aliphatic hydroxyl groups excluding tert-OH is 1. The lowest BCUT2D eigenvalue weighted by Crippen LogP contribution is -2.28. The molecule has 0 aromatic heterocycles. The van der Waals surface area contributed by atoms with Crippen molar-refractivity contribution in [2.75, 3.05) is 26.7 Å². The van der Waals surface area contributed by atoms with E-state index in [4.69, 9.17) is 0 Å². The van der Waals surface area contributed by atoms with Gasteiger partial charge in [0.2, 0.25) is 0 Å². The molecule has 1 aromatic carbocycles. The van der Waals surface area contributed by atoms with Crippen molar-refractivity contribution in [3.05, 3.63) is 35.6 Å². The second-order valence-electron chi connectivity index (χ2n) is 5.52. The molecule has 0 aliphatic carbocycles. The molecule has 0 aliphatic heterocycles. The van der Waals surface area contributed by atoms with Gasteiger partial charge in [0.05, 0.1) is 6.10 Å². The number of benzene rings is 1. The summed E-state index contributed by atoms with van der Waals surface area (Å²) in [7, 11) is 2.13. The Morgan fingerprint density at radius 3 is 2.60 bits per heavy atom. The molecule has 0 amide bonds. The molecular weight excluding hydrogens is 255 g/mol. The maximum Gasteiger partial charge on any atom is 0.129 e. The van der Waals surface area contributed by atoms with Gasteiger partial charge in [0, 0.05) is 18.2 Å². The van der Waals surface area contributed by atoms with E-state index in [1.807, 2.05) is 0 Å². The number of unbranched alkanes of at least 4 members (excludes halogenated alkanes) is 1. The SMILES string of the molecule is CC(C)N(C)CCCCNCC(O)c1ccccc1F. The molecule has 2 N–H and O–H groups in total. The number of halogens is 1. The monoisotopic (exact) mass is 282 g/mol. The fourth-order valence-electron chi connectivity index (χ4n) is 1.96. The second kappa shape index (κ2) is 9.06. The Hall–Kier alpha value is -0.970. The summed E-state index contributed by atoms with van der Waals surface area (Å²) in [5, 5.41) is 13.1. The van der Waals surface area contributed by atoms with Crippen LogP contribution in [0.1, 0.15) is 38.4 Å². The minimum atomic E-state index is -0.783. The molecule has 0 saturated carbocycles. The van der Waals surface area contributed by atoms with Crippen LogP contribution in [-0.4, -0.2) is 42.7 Å². The molecule has 114 valence electrons. The third kappa shape index (κ3) is 5.99. The van der Waals surface area contributed by atoms with Crippen molar-refractivity contribution in [2.24, 2.45) is 0 Å². The van der Waals surface area contributed by atoms with Crippen molar-refractivity contribution in [3.8, 4) is 0 Å². The molecule has 1 atom stereocenters. The van der Waals surface area contributed by atoms with E-state index in [1.165, 1.54) is 6.07 Å². The predicted octanol–water partition coefficient (Wildman–Crippen LogP) is 2.57. The fraction of sp³-hybridized carbons (Fsp3) is 0.625. The molecule has 0 bridgehead atoms. The van der Waals surface area contributed by atoms with Gasteiger partial charge in [0.1, 0.15) is 5.82 Å². The first-order chi connectivity index (χ1) is 9.52. The number of nitrogens with one attached hydrogen (secondary N) is 1. The van der Waals surface area contributed by atoms with Crippen molar-refractivity contribution in [3.63, 3.8) is 0 Å². The van der Waals surface area contributed by atoms with E-state index in [2.05, 4.69) is 31.1 Å². The van der Waals surface area contributed by atoms with Gasteiger partial charge in [-0.05, 0) is 52.9 Å². The van der Waals surface area contributed by atoms with Crippen LogP contribution in [0.25, 0.3) is 0 Å². The van der Waals surface area contributed by atoms with Crippen LogP contribution in [0.3, 0.4) is 0 Å². The standard InChI is InChI=1S/C16H27FN2O/c1-13(2)19(3)11-7-6-10-18-12-16(20)14-8-4-5-9-15(14)17/h4-5,8-9,13,16,18,20H,6-7,10-12H2,1-3H3. The molecule has 0 heterocycles. The molecular formula is C16H27FN2O. The third-order valence-corrected chi connectivity index (χ3v) is 3.60. The molecule has 1 aromatic rings. The summed E-state index contributed by atoms with van der Waals surface area (Å²) in [6.07, 6.45) is 1.40. The highest BCUT2D eigenvalue weighted by Gasteiger charge is 2.11. The zero-order valence-electron chi connectivity index (χ0n) is 12.8. The van der Waals surface area contributed by atoms with Crippen LogP contribution in [0.5, 0.6) is 0 Å². The summed E-state index contributed by atoms with van der Waals surface area (Å²) in [5.41, 5.74) is 0.361. The van der Waals surface area contributed by atoms with Crippen molar-refractivity contribution < 1.29 is 9.50 Å². The van der Waals surface area contributed by atoms with Crippen LogP contribution in [-0.2, 0) is 0 Å². The van der Waals surface area contributed by atoms with E-state index >= 15 is 0 Å². The Labute approximate surface area is 121 Å². The van der Waals surface area contributed by atoms with Gasteiger partial charge in [-0.15, -0.1) is 0 Å². The lowest BCUT2D eigenvalue weighted by molar-refractivity contribution is 0.170. The lowest BCUT2D eigenvalue weighted by atomic mass is 10.1. The average Bonchev–Trinajstić information content (AvgIpc) is 2.42. The summed E-state index contributed by atoms with van der Waals surface area (Å²) in [4.78, 5) is 2.31. The number of hydrogen-bond acceptors (Lipinski definition) is 3.